The van der Waals surface area contributed by atoms with Gasteiger partial charge in [0.05, 0.1) is 11.0 Å². The van der Waals surface area contributed by atoms with Crippen molar-refractivity contribution in [1.29, 1.82) is 0 Å². The van der Waals surface area contributed by atoms with Crippen molar-refractivity contribution >= 4 is 11.0 Å². The zero-order chi connectivity index (χ0) is 13.6. The summed E-state index contributed by atoms with van der Waals surface area (Å²) in [6.07, 6.45) is 0. The number of rotatable bonds is 1. The van der Waals surface area contributed by atoms with Crippen LogP contribution in [0.5, 0.6) is 5.75 Å². The number of nitrogens with zero attached hydrogens (tertiary/aromatic N) is 2. The molecule has 0 atom stereocenters. The molecule has 0 bridgehead atoms. The summed E-state index contributed by atoms with van der Waals surface area (Å²) in [5.41, 5.74) is 5.16. The number of phenolic OH excluding ortho intramolecular Hbond substituents is 1. The molecule has 0 unspecified atom stereocenters. The van der Waals surface area contributed by atoms with Crippen LogP contribution in [0.1, 0.15) is 11.1 Å². The standard InChI is InChI=1S/C16H16N2O/c1-10-6-4-8-13-15(10)18(3)16(17-13)12-7-5-9-14(19)11(12)2/h4-9,19H,1-3H3. The van der Waals surface area contributed by atoms with E-state index >= 15 is 0 Å². The van der Waals surface area contributed by atoms with Gasteiger partial charge in [-0.3, -0.25) is 0 Å². The average molecular weight is 252 g/mol. The lowest BCUT2D eigenvalue weighted by molar-refractivity contribution is 0.471. The lowest BCUT2D eigenvalue weighted by atomic mass is 10.1. The molecule has 0 saturated carbocycles. The van der Waals surface area contributed by atoms with Gasteiger partial charge in [0.15, 0.2) is 0 Å². The first-order valence-electron chi connectivity index (χ1n) is 6.30. The molecule has 0 fully saturated rings. The molecule has 3 rings (SSSR count). The van der Waals surface area contributed by atoms with Gasteiger partial charge < -0.3 is 9.67 Å². The van der Waals surface area contributed by atoms with E-state index in [1.165, 1.54) is 5.56 Å². The van der Waals surface area contributed by atoms with E-state index in [2.05, 4.69) is 17.6 Å². The summed E-state index contributed by atoms with van der Waals surface area (Å²) in [7, 11) is 2.02. The Hall–Kier alpha value is -2.29. The molecule has 2 aromatic carbocycles. The van der Waals surface area contributed by atoms with Crippen molar-refractivity contribution in [2.75, 3.05) is 0 Å². The third-order valence-electron chi connectivity index (χ3n) is 3.64. The van der Waals surface area contributed by atoms with Crippen LogP contribution in [0, 0.1) is 13.8 Å². The first kappa shape index (κ1) is 11.8. The van der Waals surface area contributed by atoms with Crippen LogP contribution in [0.15, 0.2) is 36.4 Å². The van der Waals surface area contributed by atoms with Crippen LogP contribution < -0.4 is 0 Å². The predicted octanol–water partition coefficient (Wildman–Crippen LogP) is 3.56. The molecule has 1 aromatic heterocycles. The summed E-state index contributed by atoms with van der Waals surface area (Å²) >= 11 is 0. The molecule has 3 aromatic rings. The number of para-hydroxylation sites is 1. The zero-order valence-electron chi connectivity index (χ0n) is 11.3. The summed E-state index contributed by atoms with van der Waals surface area (Å²) in [6.45, 7) is 4.00. The number of imidazole rings is 1. The number of aromatic nitrogens is 2. The minimum atomic E-state index is 0.307. The lowest BCUT2D eigenvalue weighted by Gasteiger charge is -2.08. The molecule has 0 aliphatic rings. The first-order chi connectivity index (χ1) is 9.09. The van der Waals surface area contributed by atoms with Crippen molar-refractivity contribution in [3.63, 3.8) is 0 Å². The number of phenols is 1. The van der Waals surface area contributed by atoms with E-state index in [1.807, 2.05) is 38.2 Å². The Labute approximate surface area is 112 Å². The van der Waals surface area contributed by atoms with Gasteiger partial charge in [0.1, 0.15) is 11.6 Å². The van der Waals surface area contributed by atoms with E-state index in [-0.39, 0.29) is 0 Å². The molecule has 0 amide bonds. The molecule has 19 heavy (non-hydrogen) atoms. The van der Waals surface area contributed by atoms with Crippen LogP contribution in [-0.2, 0) is 7.05 Å². The molecular weight excluding hydrogens is 236 g/mol. The highest BCUT2D eigenvalue weighted by Crippen LogP contribution is 2.31. The number of benzene rings is 2. The second-order valence-electron chi connectivity index (χ2n) is 4.89. The Morgan fingerprint density at radius 1 is 1.05 bits per heavy atom. The van der Waals surface area contributed by atoms with Crippen LogP contribution in [0.2, 0.25) is 0 Å². The van der Waals surface area contributed by atoms with Gasteiger partial charge in [-0.1, -0.05) is 24.3 Å². The molecule has 96 valence electrons. The van der Waals surface area contributed by atoms with Gasteiger partial charge in [-0.05, 0) is 31.5 Å². The highest BCUT2D eigenvalue weighted by molar-refractivity contribution is 5.84. The van der Waals surface area contributed by atoms with Crippen LogP contribution in [-0.4, -0.2) is 14.7 Å². The predicted molar refractivity (Wildman–Crippen MR) is 77.3 cm³/mol. The normalized spacial score (nSPS) is 11.1. The van der Waals surface area contributed by atoms with E-state index in [9.17, 15) is 5.11 Å². The number of fused-ring (bicyclic) bond motifs is 1. The van der Waals surface area contributed by atoms with Crippen molar-refractivity contribution in [3.05, 3.63) is 47.5 Å². The topological polar surface area (TPSA) is 38.1 Å². The molecular formula is C16H16N2O. The molecule has 1 heterocycles. The van der Waals surface area contributed by atoms with Gasteiger partial charge in [-0.2, -0.15) is 0 Å². The Kier molecular flexibility index (Phi) is 2.56. The highest BCUT2D eigenvalue weighted by Gasteiger charge is 2.14. The van der Waals surface area contributed by atoms with Crippen LogP contribution in [0.25, 0.3) is 22.4 Å². The largest absolute Gasteiger partial charge is 0.508 e. The second kappa shape index (κ2) is 4.12. The fraction of sp³-hybridized carbons (Fsp3) is 0.188. The van der Waals surface area contributed by atoms with Gasteiger partial charge in [0.25, 0.3) is 0 Å². The molecule has 0 spiro atoms. The average Bonchev–Trinajstić information content (AvgIpc) is 2.72. The maximum absolute atomic E-state index is 9.84. The molecule has 0 radical (unpaired) electrons. The SMILES string of the molecule is Cc1c(O)cccc1-c1nc2cccc(C)c2n1C. The summed E-state index contributed by atoms with van der Waals surface area (Å²) < 4.78 is 2.09. The van der Waals surface area contributed by atoms with Crippen molar-refractivity contribution in [1.82, 2.24) is 9.55 Å². The fourth-order valence-corrected chi connectivity index (χ4v) is 2.57. The third-order valence-corrected chi connectivity index (χ3v) is 3.64. The van der Waals surface area contributed by atoms with Gasteiger partial charge >= 0.3 is 0 Å². The molecule has 0 aliphatic carbocycles. The number of aromatic hydroxyl groups is 1. The zero-order valence-corrected chi connectivity index (χ0v) is 11.3. The number of hydrogen-bond acceptors (Lipinski definition) is 2. The van der Waals surface area contributed by atoms with E-state index in [1.54, 1.807) is 6.07 Å². The molecule has 3 heteroatoms. The third kappa shape index (κ3) is 1.70. The van der Waals surface area contributed by atoms with E-state index in [0.29, 0.717) is 5.75 Å². The minimum absolute atomic E-state index is 0.307. The Balaban J connectivity index is 2.35. The monoisotopic (exact) mass is 252 g/mol. The molecule has 0 aliphatic heterocycles. The highest BCUT2D eigenvalue weighted by atomic mass is 16.3. The van der Waals surface area contributed by atoms with Crippen molar-refractivity contribution in [2.45, 2.75) is 13.8 Å². The molecule has 3 nitrogen and oxygen atoms in total. The Morgan fingerprint density at radius 3 is 2.53 bits per heavy atom. The molecule has 1 N–H and O–H groups in total. The number of aryl methyl sites for hydroxylation is 2. The lowest BCUT2D eigenvalue weighted by Crippen LogP contribution is -1.95. The minimum Gasteiger partial charge on any atom is -0.508 e. The Morgan fingerprint density at radius 2 is 1.79 bits per heavy atom. The fourth-order valence-electron chi connectivity index (χ4n) is 2.57. The van der Waals surface area contributed by atoms with Crippen molar-refractivity contribution in [2.24, 2.45) is 7.05 Å². The second-order valence-corrected chi connectivity index (χ2v) is 4.89. The summed E-state index contributed by atoms with van der Waals surface area (Å²) in [4.78, 5) is 4.70. The maximum atomic E-state index is 9.84. The van der Waals surface area contributed by atoms with Crippen molar-refractivity contribution < 1.29 is 5.11 Å². The van der Waals surface area contributed by atoms with Crippen molar-refractivity contribution in [3.8, 4) is 17.1 Å². The van der Waals surface area contributed by atoms with Gasteiger partial charge in [0.2, 0.25) is 0 Å². The van der Waals surface area contributed by atoms with E-state index in [4.69, 9.17) is 4.98 Å². The van der Waals surface area contributed by atoms with E-state index in [0.717, 1.165) is 28.0 Å². The summed E-state index contributed by atoms with van der Waals surface area (Å²) in [6, 6.07) is 11.7. The summed E-state index contributed by atoms with van der Waals surface area (Å²) in [5.74, 6) is 1.19. The van der Waals surface area contributed by atoms with Gasteiger partial charge in [-0.15, -0.1) is 0 Å². The number of hydrogen-bond donors (Lipinski definition) is 1. The first-order valence-corrected chi connectivity index (χ1v) is 6.30. The van der Waals surface area contributed by atoms with E-state index < -0.39 is 0 Å². The van der Waals surface area contributed by atoms with Gasteiger partial charge in [-0.25, -0.2) is 4.98 Å². The Bertz CT molecular complexity index is 772. The smallest absolute Gasteiger partial charge is 0.141 e. The maximum Gasteiger partial charge on any atom is 0.141 e. The van der Waals surface area contributed by atoms with Crippen LogP contribution in [0.4, 0.5) is 0 Å². The molecule has 0 saturated heterocycles. The summed E-state index contributed by atoms with van der Waals surface area (Å²) in [5, 5.41) is 9.84. The quantitative estimate of drug-likeness (QED) is 0.719. The van der Waals surface area contributed by atoms with Crippen LogP contribution in [0.3, 0.4) is 0 Å². The van der Waals surface area contributed by atoms with Gasteiger partial charge in [0, 0.05) is 18.2 Å². The van der Waals surface area contributed by atoms with Crippen LogP contribution >= 0.6 is 0 Å².